The van der Waals surface area contributed by atoms with Crippen LogP contribution >= 0.6 is 0 Å². The lowest BCUT2D eigenvalue weighted by atomic mass is 10.1. The fourth-order valence-electron chi connectivity index (χ4n) is 2.65. The van der Waals surface area contributed by atoms with Gasteiger partial charge in [-0.1, -0.05) is 76.5 Å². The van der Waals surface area contributed by atoms with Crippen LogP contribution in [0.3, 0.4) is 0 Å². The van der Waals surface area contributed by atoms with Crippen LogP contribution in [0.2, 0.25) is 0 Å². The molecule has 0 bridgehead atoms. The van der Waals surface area contributed by atoms with Crippen molar-refractivity contribution in [2.75, 3.05) is 6.61 Å². The molecule has 0 aromatic heterocycles. The summed E-state index contributed by atoms with van der Waals surface area (Å²) in [5, 5.41) is 17.2. The first-order valence-electron chi connectivity index (χ1n) is 9.23. The van der Waals surface area contributed by atoms with Crippen LogP contribution in [-0.2, 0) is 4.74 Å². The molecule has 0 aliphatic carbocycles. The maximum atomic E-state index is 10.2. The zero-order chi connectivity index (χ0) is 17.6. The number of benzene rings is 1. The Kier molecular flexibility index (Phi) is 11.2. The second-order valence-electron chi connectivity index (χ2n) is 6.33. The lowest BCUT2D eigenvalue weighted by Gasteiger charge is -2.00. The van der Waals surface area contributed by atoms with Gasteiger partial charge in [0.1, 0.15) is 6.10 Å². The Balaban J connectivity index is 0.000000272. The van der Waals surface area contributed by atoms with E-state index in [4.69, 9.17) is 14.9 Å². The van der Waals surface area contributed by atoms with Gasteiger partial charge in [-0.05, 0) is 18.6 Å². The Hall–Kier alpha value is -1.39. The predicted octanol–water partition coefficient (Wildman–Crippen LogP) is 4.66. The molecule has 1 aromatic carbocycles. The smallest absolute Gasteiger partial charge is 0.335 e. The topological polar surface area (TPSA) is 70.1 Å². The Bertz CT molecular complexity index is 433. The number of ether oxygens (including phenoxy) is 1. The lowest BCUT2D eigenvalue weighted by Crippen LogP contribution is -1.98. The molecule has 2 atom stereocenters. The number of carbonyl (C=O) groups is 1. The first-order chi connectivity index (χ1) is 11.7. The highest BCUT2D eigenvalue weighted by atomic mass is 16.6. The molecule has 1 saturated heterocycles. The molecule has 0 spiro atoms. The van der Waals surface area contributed by atoms with E-state index >= 15 is 0 Å². The van der Waals surface area contributed by atoms with Crippen LogP contribution in [0, 0.1) is 0 Å². The van der Waals surface area contributed by atoms with Crippen molar-refractivity contribution in [2.45, 2.75) is 76.9 Å². The highest BCUT2D eigenvalue weighted by molar-refractivity contribution is 5.87. The van der Waals surface area contributed by atoms with E-state index in [0.717, 1.165) is 6.42 Å². The second-order valence-corrected chi connectivity index (χ2v) is 6.33. The Morgan fingerprint density at radius 2 is 1.54 bits per heavy atom. The molecule has 1 aromatic rings. The van der Waals surface area contributed by atoms with Gasteiger partial charge in [0.2, 0.25) is 0 Å². The number of aliphatic hydroxyl groups is 1. The number of unbranched alkanes of at least 4 members (excludes halogenated alkanes) is 7. The summed E-state index contributed by atoms with van der Waals surface area (Å²) in [6.45, 7) is 2.47. The van der Waals surface area contributed by atoms with E-state index in [1.807, 2.05) is 0 Å². The summed E-state index contributed by atoms with van der Waals surface area (Å²) in [6.07, 6.45) is 12.6. The van der Waals surface area contributed by atoms with Crippen molar-refractivity contribution in [2.24, 2.45) is 0 Å². The minimum atomic E-state index is -0.879. The lowest BCUT2D eigenvalue weighted by molar-refractivity contribution is 0.0697. The molecule has 24 heavy (non-hydrogen) atoms. The first-order valence-corrected chi connectivity index (χ1v) is 9.23. The minimum absolute atomic E-state index is 0.176. The van der Waals surface area contributed by atoms with Gasteiger partial charge >= 0.3 is 5.97 Å². The minimum Gasteiger partial charge on any atom is -0.478 e. The summed E-state index contributed by atoms with van der Waals surface area (Å²) in [6, 6.07) is 8.30. The van der Waals surface area contributed by atoms with Crippen molar-refractivity contribution in [3.05, 3.63) is 35.9 Å². The van der Waals surface area contributed by atoms with Crippen molar-refractivity contribution in [1.82, 2.24) is 0 Å². The number of epoxide rings is 1. The van der Waals surface area contributed by atoms with Crippen LogP contribution in [0.25, 0.3) is 0 Å². The van der Waals surface area contributed by atoms with Crippen LogP contribution in [0.15, 0.2) is 30.3 Å². The standard InChI is InChI=1S/C13H26O2.C7H6O2/c1-2-3-4-5-6-7-8-9-10-12-13(11-14)15-12;8-7(9)6-4-2-1-3-5-6/h12-14H,2-11H2,1H3;1-5H,(H,8,9)/t12-,13+;/m0./s1. The molecule has 1 aliphatic rings. The second kappa shape index (κ2) is 13.0. The fraction of sp³-hybridized carbons (Fsp3) is 0.650. The zero-order valence-electron chi connectivity index (χ0n) is 14.8. The fourth-order valence-corrected chi connectivity index (χ4v) is 2.65. The van der Waals surface area contributed by atoms with Gasteiger partial charge in [-0.3, -0.25) is 0 Å². The van der Waals surface area contributed by atoms with E-state index < -0.39 is 5.97 Å². The summed E-state index contributed by atoms with van der Waals surface area (Å²) < 4.78 is 5.28. The number of hydrogen-bond acceptors (Lipinski definition) is 3. The highest BCUT2D eigenvalue weighted by Gasteiger charge is 2.36. The third kappa shape index (κ3) is 9.68. The average molecular weight is 336 g/mol. The Morgan fingerprint density at radius 1 is 0.958 bits per heavy atom. The van der Waals surface area contributed by atoms with Crippen molar-refractivity contribution in [3.8, 4) is 0 Å². The van der Waals surface area contributed by atoms with E-state index in [0.29, 0.717) is 11.7 Å². The molecule has 4 heteroatoms. The van der Waals surface area contributed by atoms with Gasteiger partial charge in [-0.2, -0.15) is 0 Å². The molecule has 4 nitrogen and oxygen atoms in total. The molecule has 0 radical (unpaired) electrons. The summed E-state index contributed by atoms with van der Waals surface area (Å²) in [5.74, 6) is -0.879. The van der Waals surface area contributed by atoms with E-state index in [-0.39, 0.29) is 12.7 Å². The van der Waals surface area contributed by atoms with Gasteiger partial charge in [-0.15, -0.1) is 0 Å². The maximum absolute atomic E-state index is 10.2. The molecule has 136 valence electrons. The third-order valence-corrected chi connectivity index (χ3v) is 4.23. The predicted molar refractivity (Wildman–Crippen MR) is 96.4 cm³/mol. The van der Waals surface area contributed by atoms with Crippen LogP contribution in [0.4, 0.5) is 0 Å². The summed E-state index contributed by atoms with van der Waals surface area (Å²) in [5.41, 5.74) is 0.331. The van der Waals surface area contributed by atoms with Crippen LogP contribution < -0.4 is 0 Å². The average Bonchev–Trinajstić information content (AvgIpc) is 3.37. The van der Waals surface area contributed by atoms with E-state index in [9.17, 15) is 4.79 Å². The number of aliphatic hydroxyl groups excluding tert-OH is 1. The normalized spacial score (nSPS) is 18.6. The third-order valence-electron chi connectivity index (χ3n) is 4.23. The molecule has 1 heterocycles. The number of carboxylic acids is 1. The number of rotatable bonds is 11. The van der Waals surface area contributed by atoms with Crippen LogP contribution in [-0.4, -0.2) is 35.0 Å². The summed E-state index contributed by atoms with van der Waals surface area (Å²) >= 11 is 0. The van der Waals surface area contributed by atoms with Crippen LogP contribution in [0.5, 0.6) is 0 Å². The Labute approximate surface area is 145 Å². The maximum Gasteiger partial charge on any atom is 0.335 e. The molecule has 2 N–H and O–H groups in total. The molecule has 1 fully saturated rings. The van der Waals surface area contributed by atoms with E-state index in [1.165, 1.54) is 51.4 Å². The van der Waals surface area contributed by atoms with Crippen LogP contribution in [0.1, 0.15) is 75.1 Å². The van der Waals surface area contributed by atoms with Crippen molar-refractivity contribution < 1.29 is 19.7 Å². The summed E-state index contributed by atoms with van der Waals surface area (Å²) in [4.78, 5) is 10.2. The van der Waals surface area contributed by atoms with Gasteiger partial charge in [0.05, 0.1) is 18.3 Å². The van der Waals surface area contributed by atoms with E-state index in [2.05, 4.69) is 6.92 Å². The molecule has 0 unspecified atom stereocenters. The van der Waals surface area contributed by atoms with Crippen molar-refractivity contribution in [1.29, 1.82) is 0 Å². The molecular formula is C20H32O4. The quantitative estimate of drug-likeness (QED) is 0.455. The molecule has 0 saturated carbocycles. The number of carboxylic acid groups (broad SMARTS) is 1. The molecule has 1 aliphatic heterocycles. The monoisotopic (exact) mass is 336 g/mol. The Morgan fingerprint density at radius 3 is 2.00 bits per heavy atom. The highest BCUT2D eigenvalue weighted by Crippen LogP contribution is 2.26. The number of aromatic carboxylic acids is 1. The first kappa shape index (κ1) is 20.7. The van der Waals surface area contributed by atoms with Crippen molar-refractivity contribution >= 4 is 5.97 Å². The zero-order valence-corrected chi connectivity index (χ0v) is 14.8. The van der Waals surface area contributed by atoms with E-state index in [1.54, 1.807) is 30.3 Å². The molecular weight excluding hydrogens is 304 g/mol. The van der Waals surface area contributed by atoms with Crippen molar-refractivity contribution in [3.63, 3.8) is 0 Å². The van der Waals surface area contributed by atoms with Gasteiger partial charge in [0.25, 0.3) is 0 Å². The SMILES string of the molecule is CCCCCCCCCC[C@@H]1O[C@@H]1CO.O=C(O)c1ccccc1. The molecule has 2 rings (SSSR count). The van der Waals surface area contributed by atoms with Gasteiger partial charge in [0.15, 0.2) is 0 Å². The van der Waals surface area contributed by atoms with Gasteiger partial charge in [-0.25, -0.2) is 4.79 Å². The van der Waals surface area contributed by atoms with Gasteiger partial charge in [0, 0.05) is 0 Å². The van der Waals surface area contributed by atoms with Gasteiger partial charge < -0.3 is 14.9 Å². The largest absolute Gasteiger partial charge is 0.478 e. The summed E-state index contributed by atoms with van der Waals surface area (Å²) in [7, 11) is 0. The number of hydrogen-bond donors (Lipinski definition) is 2. The molecule has 0 amide bonds.